The summed E-state index contributed by atoms with van der Waals surface area (Å²) in [4.78, 5) is 26.1. The Morgan fingerprint density at radius 3 is 2.47 bits per heavy atom. The molecule has 1 fully saturated rings. The van der Waals surface area contributed by atoms with Crippen LogP contribution in [0.1, 0.15) is 29.7 Å². The zero-order valence-electron chi connectivity index (χ0n) is 17.1. The molecule has 1 saturated heterocycles. The van der Waals surface area contributed by atoms with Crippen molar-refractivity contribution in [3.05, 3.63) is 52.2 Å². The van der Waals surface area contributed by atoms with Crippen LogP contribution in [0.5, 0.6) is 0 Å². The van der Waals surface area contributed by atoms with E-state index in [9.17, 15) is 9.59 Å². The second kappa shape index (κ2) is 11.4. The number of nitrogens with one attached hydrogen (secondary N) is 3. The number of piperidine rings is 1. The fourth-order valence-corrected chi connectivity index (χ4v) is 4.32. The number of urea groups is 1. The summed E-state index contributed by atoms with van der Waals surface area (Å²) >= 11 is 1.76. The van der Waals surface area contributed by atoms with Gasteiger partial charge in [0.05, 0.1) is 0 Å². The minimum absolute atomic E-state index is 0.0407. The van der Waals surface area contributed by atoms with Crippen molar-refractivity contribution in [1.29, 1.82) is 0 Å². The van der Waals surface area contributed by atoms with Gasteiger partial charge in [0.15, 0.2) is 0 Å². The maximum absolute atomic E-state index is 12.3. The van der Waals surface area contributed by atoms with Crippen LogP contribution in [0.4, 0.5) is 15.3 Å². The Bertz CT molecular complexity index is 787. The standard InChI is InChI=1S/C22H30N4O3S/c27-21(23-12-1-3-20-4-2-16-30-20)26-14-10-19(11-15-26)25-18-7-5-17(6-8-18)9-13-24-22(28)29/h2,4-8,16,19,24-25H,1,3,9-15H2,(H,23,27)(H,28,29). The number of rotatable bonds is 9. The lowest BCUT2D eigenvalue weighted by molar-refractivity contribution is 0.183. The summed E-state index contributed by atoms with van der Waals surface area (Å²) < 4.78 is 0. The molecule has 2 aromatic rings. The molecule has 1 aliphatic rings. The van der Waals surface area contributed by atoms with Crippen LogP contribution in [0.3, 0.4) is 0 Å². The van der Waals surface area contributed by atoms with Gasteiger partial charge in [-0.1, -0.05) is 18.2 Å². The number of hydrogen-bond donors (Lipinski definition) is 4. The van der Waals surface area contributed by atoms with Crippen LogP contribution in [-0.2, 0) is 12.8 Å². The van der Waals surface area contributed by atoms with Crippen molar-refractivity contribution < 1.29 is 14.7 Å². The van der Waals surface area contributed by atoms with Crippen molar-refractivity contribution in [2.75, 3.05) is 31.5 Å². The Hall–Kier alpha value is -2.74. The largest absolute Gasteiger partial charge is 0.465 e. The monoisotopic (exact) mass is 430 g/mol. The first kappa shape index (κ1) is 22.0. The van der Waals surface area contributed by atoms with Gasteiger partial charge in [0.2, 0.25) is 0 Å². The predicted octanol–water partition coefficient (Wildman–Crippen LogP) is 3.78. The molecule has 8 heteroatoms. The Morgan fingerprint density at radius 1 is 1.03 bits per heavy atom. The first-order chi connectivity index (χ1) is 14.6. The molecule has 30 heavy (non-hydrogen) atoms. The van der Waals surface area contributed by atoms with Gasteiger partial charge in [-0.25, -0.2) is 9.59 Å². The number of likely N-dealkylation sites (tertiary alicyclic amines) is 1. The Kier molecular flexibility index (Phi) is 8.38. The molecule has 0 bridgehead atoms. The highest BCUT2D eigenvalue weighted by atomic mass is 32.1. The number of aryl methyl sites for hydroxylation is 1. The average Bonchev–Trinajstić information content (AvgIpc) is 3.26. The van der Waals surface area contributed by atoms with Gasteiger partial charge in [-0.05, 0) is 61.2 Å². The molecule has 162 valence electrons. The number of carbonyl (C=O) groups is 2. The number of carboxylic acid groups (broad SMARTS) is 1. The maximum atomic E-state index is 12.3. The summed E-state index contributed by atoms with van der Waals surface area (Å²) in [5.41, 5.74) is 2.15. The third-order valence-electron chi connectivity index (χ3n) is 5.25. The van der Waals surface area contributed by atoms with E-state index in [2.05, 4.69) is 33.5 Å². The van der Waals surface area contributed by atoms with Crippen LogP contribution in [0.2, 0.25) is 0 Å². The van der Waals surface area contributed by atoms with Crippen molar-refractivity contribution in [2.45, 2.75) is 38.1 Å². The van der Waals surface area contributed by atoms with E-state index in [1.54, 1.807) is 11.3 Å². The molecule has 1 aromatic heterocycles. The second-order valence-corrected chi connectivity index (χ2v) is 8.53. The van der Waals surface area contributed by atoms with Crippen LogP contribution in [0.25, 0.3) is 0 Å². The fraction of sp³-hybridized carbons (Fsp3) is 0.455. The molecule has 2 heterocycles. The van der Waals surface area contributed by atoms with E-state index in [-0.39, 0.29) is 6.03 Å². The highest BCUT2D eigenvalue weighted by Crippen LogP contribution is 2.18. The highest BCUT2D eigenvalue weighted by Gasteiger charge is 2.22. The van der Waals surface area contributed by atoms with E-state index >= 15 is 0 Å². The summed E-state index contributed by atoms with van der Waals surface area (Å²) in [5, 5.41) is 19.7. The third kappa shape index (κ3) is 7.26. The Labute approximate surface area is 181 Å². The van der Waals surface area contributed by atoms with Crippen molar-refractivity contribution in [2.24, 2.45) is 0 Å². The molecule has 3 rings (SSSR count). The normalized spacial score (nSPS) is 14.3. The topological polar surface area (TPSA) is 93.7 Å². The van der Waals surface area contributed by atoms with Crippen molar-refractivity contribution in [1.82, 2.24) is 15.5 Å². The van der Waals surface area contributed by atoms with Gasteiger partial charge in [-0.15, -0.1) is 11.3 Å². The number of nitrogens with zero attached hydrogens (tertiary/aromatic N) is 1. The van der Waals surface area contributed by atoms with Crippen LogP contribution < -0.4 is 16.0 Å². The minimum atomic E-state index is -0.994. The van der Waals surface area contributed by atoms with E-state index in [0.29, 0.717) is 25.6 Å². The van der Waals surface area contributed by atoms with E-state index in [1.807, 2.05) is 29.2 Å². The first-order valence-corrected chi connectivity index (χ1v) is 11.4. The van der Waals surface area contributed by atoms with Gasteiger partial charge in [0.1, 0.15) is 0 Å². The van der Waals surface area contributed by atoms with Crippen LogP contribution in [-0.4, -0.2) is 54.4 Å². The predicted molar refractivity (Wildman–Crippen MR) is 120 cm³/mol. The van der Waals surface area contributed by atoms with Gasteiger partial charge in [-0.3, -0.25) is 0 Å². The molecule has 7 nitrogen and oxygen atoms in total. The molecule has 0 saturated carbocycles. The van der Waals surface area contributed by atoms with Gasteiger partial charge in [-0.2, -0.15) is 0 Å². The summed E-state index contributed by atoms with van der Waals surface area (Å²) in [5.74, 6) is 0. The molecular formula is C22H30N4O3S. The molecule has 0 atom stereocenters. The molecule has 1 aliphatic heterocycles. The maximum Gasteiger partial charge on any atom is 0.404 e. The zero-order valence-corrected chi connectivity index (χ0v) is 17.9. The third-order valence-corrected chi connectivity index (χ3v) is 6.19. The van der Waals surface area contributed by atoms with Gasteiger partial charge < -0.3 is 26.0 Å². The molecule has 0 spiro atoms. The molecule has 0 aliphatic carbocycles. The quantitative estimate of drug-likeness (QED) is 0.456. The van der Waals surface area contributed by atoms with E-state index in [1.165, 1.54) is 4.88 Å². The molecular weight excluding hydrogens is 400 g/mol. The van der Waals surface area contributed by atoms with E-state index in [0.717, 1.165) is 50.0 Å². The number of hydrogen-bond acceptors (Lipinski definition) is 4. The lowest BCUT2D eigenvalue weighted by atomic mass is 10.0. The van der Waals surface area contributed by atoms with Gasteiger partial charge in [0, 0.05) is 42.8 Å². The second-order valence-electron chi connectivity index (χ2n) is 7.50. The van der Waals surface area contributed by atoms with E-state index < -0.39 is 6.09 Å². The number of amides is 3. The first-order valence-electron chi connectivity index (χ1n) is 10.5. The number of benzene rings is 1. The summed E-state index contributed by atoms with van der Waals surface area (Å²) in [6.07, 6.45) is 3.50. The van der Waals surface area contributed by atoms with Gasteiger partial charge >= 0.3 is 12.1 Å². The number of carbonyl (C=O) groups excluding carboxylic acids is 1. The Morgan fingerprint density at radius 2 is 1.80 bits per heavy atom. The van der Waals surface area contributed by atoms with Crippen molar-refractivity contribution >= 4 is 29.1 Å². The zero-order chi connectivity index (χ0) is 21.2. The molecule has 0 unspecified atom stereocenters. The van der Waals surface area contributed by atoms with Gasteiger partial charge in [0.25, 0.3) is 0 Å². The molecule has 4 N–H and O–H groups in total. The lowest BCUT2D eigenvalue weighted by Gasteiger charge is -2.33. The highest BCUT2D eigenvalue weighted by molar-refractivity contribution is 7.09. The van der Waals surface area contributed by atoms with Crippen molar-refractivity contribution in [3.8, 4) is 0 Å². The fourth-order valence-electron chi connectivity index (χ4n) is 3.57. The molecule has 1 aromatic carbocycles. The SMILES string of the molecule is O=C(O)NCCc1ccc(NC2CCN(C(=O)NCCCc3cccs3)CC2)cc1. The summed E-state index contributed by atoms with van der Waals surface area (Å²) in [6.45, 7) is 2.64. The van der Waals surface area contributed by atoms with Crippen LogP contribution >= 0.6 is 11.3 Å². The van der Waals surface area contributed by atoms with Crippen molar-refractivity contribution in [3.63, 3.8) is 0 Å². The summed E-state index contributed by atoms with van der Waals surface area (Å²) in [7, 11) is 0. The smallest absolute Gasteiger partial charge is 0.404 e. The average molecular weight is 431 g/mol. The van der Waals surface area contributed by atoms with Crippen LogP contribution in [0, 0.1) is 0 Å². The summed E-state index contributed by atoms with van der Waals surface area (Å²) in [6, 6.07) is 12.7. The van der Waals surface area contributed by atoms with Crippen LogP contribution in [0.15, 0.2) is 41.8 Å². The Balaban J connectivity index is 1.31. The molecule has 3 amide bonds. The molecule has 0 radical (unpaired) electrons. The minimum Gasteiger partial charge on any atom is -0.465 e. The number of thiophene rings is 1. The van der Waals surface area contributed by atoms with E-state index in [4.69, 9.17) is 5.11 Å². The number of anilines is 1. The lowest BCUT2D eigenvalue weighted by Crippen LogP contribution is -2.47.